The second-order valence-corrected chi connectivity index (χ2v) is 3.44. The lowest BCUT2D eigenvalue weighted by molar-refractivity contribution is -0.520. The zero-order chi connectivity index (χ0) is 9.52. The zero-order valence-corrected chi connectivity index (χ0v) is 8.33. The highest BCUT2D eigenvalue weighted by atomic mass is 16.3. The molecule has 0 aromatic carbocycles. The van der Waals surface area contributed by atoms with Gasteiger partial charge in [0.25, 0.3) is 0 Å². The summed E-state index contributed by atoms with van der Waals surface area (Å²) in [5, 5.41) is 14.6. The van der Waals surface area contributed by atoms with Gasteiger partial charge >= 0.3 is 0 Å². The van der Waals surface area contributed by atoms with Crippen molar-refractivity contribution in [3.05, 3.63) is 0 Å². The Labute approximate surface area is 79.8 Å². The summed E-state index contributed by atoms with van der Waals surface area (Å²) in [4.78, 5) is 0. The number of nitrogens with zero attached hydrogens (tertiary/aromatic N) is 2. The summed E-state index contributed by atoms with van der Waals surface area (Å²) in [6.07, 6.45) is 8.77. The molecule has 0 radical (unpaired) electrons. The molecular formula is C10H18N2O. The molecule has 1 aliphatic rings. The van der Waals surface area contributed by atoms with Crippen LogP contribution in [-0.2, 0) is 0 Å². The van der Waals surface area contributed by atoms with Gasteiger partial charge in [0.15, 0.2) is 12.8 Å². The van der Waals surface area contributed by atoms with Crippen LogP contribution in [0.5, 0.6) is 0 Å². The second-order valence-electron chi connectivity index (χ2n) is 3.44. The molecule has 0 aromatic rings. The van der Waals surface area contributed by atoms with Gasteiger partial charge in [-0.05, 0) is 11.5 Å². The lowest BCUT2D eigenvalue weighted by atomic mass is 10.2. The summed E-state index contributed by atoms with van der Waals surface area (Å²) in [7, 11) is 0. The van der Waals surface area contributed by atoms with E-state index in [4.69, 9.17) is 0 Å². The van der Waals surface area contributed by atoms with E-state index in [0.717, 1.165) is 13.0 Å². The molecule has 0 N–H and O–H groups in total. The van der Waals surface area contributed by atoms with Crippen LogP contribution in [0.4, 0.5) is 0 Å². The summed E-state index contributed by atoms with van der Waals surface area (Å²) >= 11 is 0. The van der Waals surface area contributed by atoms with Gasteiger partial charge in [0.05, 0.1) is 0 Å². The average molecular weight is 182 g/mol. The van der Waals surface area contributed by atoms with E-state index in [9.17, 15) is 5.11 Å². The Morgan fingerprint density at radius 3 is 2.92 bits per heavy atom. The van der Waals surface area contributed by atoms with Crippen LogP contribution in [-0.4, -0.2) is 23.3 Å². The first-order chi connectivity index (χ1) is 6.33. The van der Waals surface area contributed by atoms with Crippen molar-refractivity contribution in [1.29, 1.82) is 0 Å². The Hall–Kier alpha value is -0.860. The number of rotatable bonds is 5. The third-order valence-corrected chi connectivity index (χ3v) is 2.19. The van der Waals surface area contributed by atoms with Gasteiger partial charge < -0.3 is 5.11 Å². The normalized spacial score (nSPS) is 19.5. The Kier molecular flexibility index (Phi) is 4.50. The van der Waals surface area contributed by atoms with Gasteiger partial charge in [-0.3, -0.25) is 0 Å². The molecule has 1 rings (SSSR count). The van der Waals surface area contributed by atoms with E-state index in [1.54, 1.807) is 4.68 Å². The third-order valence-electron chi connectivity index (χ3n) is 2.19. The van der Waals surface area contributed by atoms with Crippen molar-refractivity contribution in [3.8, 4) is 0 Å². The predicted octanol–water partition coefficient (Wildman–Crippen LogP) is 1.12. The molecule has 13 heavy (non-hydrogen) atoms. The molecule has 0 saturated heterocycles. The number of hydrogen-bond acceptors (Lipinski definition) is 2. The lowest BCUT2D eigenvalue weighted by Crippen LogP contribution is -2.13. The predicted molar refractivity (Wildman–Crippen MR) is 52.0 cm³/mol. The lowest BCUT2D eigenvalue weighted by Gasteiger charge is -1.92. The Balaban J connectivity index is 2.10. The van der Waals surface area contributed by atoms with Crippen LogP contribution in [0.1, 0.15) is 45.4 Å². The van der Waals surface area contributed by atoms with Gasteiger partial charge in [-0.1, -0.05) is 30.9 Å². The van der Waals surface area contributed by atoms with Gasteiger partial charge in [0.2, 0.25) is 0 Å². The fourth-order valence-electron chi connectivity index (χ4n) is 1.40. The van der Waals surface area contributed by atoms with E-state index in [1.165, 1.54) is 25.7 Å². The molecule has 0 saturated carbocycles. The summed E-state index contributed by atoms with van der Waals surface area (Å²) in [5.74, 6) is 0.0183. The van der Waals surface area contributed by atoms with E-state index < -0.39 is 0 Å². The molecule has 1 heterocycles. The van der Waals surface area contributed by atoms with Crippen molar-refractivity contribution >= 4 is 12.1 Å². The smallest absolute Gasteiger partial charge is 0.178 e. The summed E-state index contributed by atoms with van der Waals surface area (Å²) in [6.45, 7) is 2.99. The highest BCUT2D eigenvalue weighted by Gasteiger charge is 2.09. The van der Waals surface area contributed by atoms with Crippen LogP contribution in [0, 0.1) is 0 Å². The van der Waals surface area contributed by atoms with Crippen LogP contribution in [0.3, 0.4) is 0 Å². The van der Waals surface area contributed by atoms with Crippen LogP contribution >= 0.6 is 0 Å². The van der Waals surface area contributed by atoms with Crippen LogP contribution in [0.2, 0.25) is 0 Å². The standard InChI is InChI=1S/C10H18N2O/c1-2-3-4-5-6-8-12-9-7-10(13)11-12/h8H,2-7,9H2,1H3/b12-8-. The van der Waals surface area contributed by atoms with E-state index in [1.807, 2.05) is 6.21 Å². The molecule has 0 aliphatic carbocycles. The monoisotopic (exact) mass is 182 g/mol. The van der Waals surface area contributed by atoms with E-state index in [2.05, 4.69) is 12.0 Å². The first-order valence-electron chi connectivity index (χ1n) is 5.17. The van der Waals surface area contributed by atoms with Crippen LogP contribution < -0.4 is 5.11 Å². The second kappa shape index (κ2) is 5.73. The number of unbranched alkanes of at least 4 members (excludes halogenated alkanes) is 4. The van der Waals surface area contributed by atoms with E-state index in [-0.39, 0.29) is 5.90 Å². The molecule has 0 amide bonds. The topological polar surface area (TPSA) is 38.4 Å². The van der Waals surface area contributed by atoms with Crippen molar-refractivity contribution in [2.75, 3.05) is 6.54 Å². The first-order valence-corrected chi connectivity index (χ1v) is 5.17. The van der Waals surface area contributed by atoms with E-state index >= 15 is 0 Å². The number of hydrogen-bond donors (Lipinski definition) is 0. The van der Waals surface area contributed by atoms with Crippen LogP contribution in [0.25, 0.3) is 0 Å². The zero-order valence-electron chi connectivity index (χ0n) is 8.33. The van der Waals surface area contributed by atoms with Crippen molar-refractivity contribution in [3.63, 3.8) is 0 Å². The molecule has 0 atom stereocenters. The fraction of sp³-hybridized carbons (Fsp3) is 0.800. The van der Waals surface area contributed by atoms with Gasteiger partial charge in [-0.2, -0.15) is 0 Å². The highest BCUT2D eigenvalue weighted by Crippen LogP contribution is 2.01. The van der Waals surface area contributed by atoms with E-state index in [0.29, 0.717) is 6.42 Å². The summed E-state index contributed by atoms with van der Waals surface area (Å²) in [6, 6.07) is 0. The Morgan fingerprint density at radius 2 is 2.31 bits per heavy atom. The molecule has 3 nitrogen and oxygen atoms in total. The van der Waals surface area contributed by atoms with Crippen molar-refractivity contribution in [2.45, 2.75) is 45.4 Å². The van der Waals surface area contributed by atoms with Gasteiger partial charge in [-0.25, -0.2) is 0 Å². The molecule has 0 unspecified atom stereocenters. The minimum Gasteiger partial charge on any atom is -0.857 e. The molecule has 74 valence electrons. The molecule has 0 fully saturated rings. The van der Waals surface area contributed by atoms with Gasteiger partial charge in [-0.15, -0.1) is 0 Å². The Morgan fingerprint density at radius 1 is 1.46 bits per heavy atom. The largest absolute Gasteiger partial charge is 0.857 e. The van der Waals surface area contributed by atoms with Gasteiger partial charge in [0, 0.05) is 18.7 Å². The molecule has 1 aliphatic heterocycles. The van der Waals surface area contributed by atoms with Crippen molar-refractivity contribution in [1.82, 2.24) is 0 Å². The molecule has 0 spiro atoms. The minimum atomic E-state index is 0.0183. The molecule has 0 bridgehead atoms. The minimum absolute atomic E-state index is 0.0183. The third kappa shape index (κ3) is 4.06. The summed E-state index contributed by atoms with van der Waals surface area (Å²) in [5.41, 5.74) is 0. The SMILES string of the molecule is CCCCCC/C=[N+]1/CCC([O-])=N1. The maximum absolute atomic E-state index is 10.8. The quantitative estimate of drug-likeness (QED) is 0.464. The van der Waals surface area contributed by atoms with Crippen molar-refractivity contribution < 1.29 is 9.79 Å². The maximum Gasteiger partial charge on any atom is 0.178 e. The first kappa shape index (κ1) is 10.2. The van der Waals surface area contributed by atoms with Crippen molar-refractivity contribution in [2.24, 2.45) is 5.10 Å². The van der Waals surface area contributed by atoms with Crippen LogP contribution in [0.15, 0.2) is 5.10 Å². The molecule has 3 heteroatoms. The number of hydrazone groups is 1. The molecular weight excluding hydrogens is 164 g/mol. The van der Waals surface area contributed by atoms with Gasteiger partial charge in [0.1, 0.15) is 0 Å². The highest BCUT2D eigenvalue weighted by molar-refractivity contribution is 5.72. The average Bonchev–Trinajstić information content (AvgIpc) is 2.51. The fourth-order valence-corrected chi connectivity index (χ4v) is 1.40. The summed E-state index contributed by atoms with van der Waals surface area (Å²) < 4.78 is 1.79. The Bertz CT molecular complexity index is 209. The molecule has 0 aromatic heterocycles. The maximum atomic E-state index is 10.8.